The highest BCUT2D eigenvalue weighted by Gasteiger charge is 2.15. The quantitative estimate of drug-likeness (QED) is 0.696. The average Bonchev–Trinajstić information content (AvgIpc) is 2.66. The second-order valence-corrected chi connectivity index (χ2v) is 3.19. The zero-order chi connectivity index (χ0) is 11.7. The molecule has 0 bridgehead atoms. The summed E-state index contributed by atoms with van der Waals surface area (Å²) in [5.41, 5.74) is 0.164. The predicted molar refractivity (Wildman–Crippen MR) is 53.3 cm³/mol. The maximum atomic E-state index is 13.3. The van der Waals surface area contributed by atoms with E-state index in [2.05, 4.69) is 5.10 Å². The van der Waals surface area contributed by atoms with Crippen LogP contribution in [0, 0.1) is 11.6 Å². The molecule has 0 spiro atoms. The third kappa shape index (κ3) is 1.95. The van der Waals surface area contributed by atoms with Gasteiger partial charge in [0.2, 0.25) is 0 Å². The fourth-order valence-corrected chi connectivity index (χ4v) is 1.27. The molecule has 16 heavy (non-hydrogen) atoms. The van der Waals surface area contributed by atoms with Gasteiger partial charge >= 0.3 is 7.12 Å². The largest absolute Gasteiger partial charge is 0.491 e. The Labute approximate surface area is 89.9 Å². The van der Waals surface area contributed by atoms with Crippen LogP contribution in [-0.2, 0) is 0 Å². The van der Waals surface area contributed by atoms with Crippen molar-refractivity contribution >= 4 is 12.6 Å². The summed E-state index contributed by atoms with van der Waals surface area (Å²) in [6, 6.07) is 3.03. The summed E-state index contributed by atoms with van der Waals surface area (Å²) in [5.74, 6) is -1.46. The number of hydrogen-bond donors (Lipinski definition) is 2. The summed E-state index contributed by atoms with van der Waals surface area (Å²) >= 11 is 0. The lowest BCUT2D eigenvalue weighted by Crippen LogP contribution is -2.28. The molecule has 2 aromatic rings. The zero-order valence-electron chi connectivity index (χ0n) is 8.01. The average molecular weight is 224 g/mol. The first-order chi connectivity index (χ1) is 7.58. The topological polar surface area (TPSA) is 58.3 Å². The van der Waals surface area contributed by atoms with Crippen molar-refractivity contribution in [3.05, 3.63) is 42.2 Å². The van der Waals surface area contributed by atoms with Crippen molar-refractivity contribution < 1.29 is 18.8 Å². The lowest BCUT2D eigenvalue weighted by Gasteiger charge is -2.02. The van der Waals surface area contributed by atoms with Crippen molar-refractivity contribution in [1.29, 1.82) is 0 Å². The number of benzene rings is 1. The molecule has 1 aromatic heterocycles. The molecule has 82 valence electrons. The Hall–Kier alpha value is -1.73. The van der Waals surface area contributed by atoms with Gasteiger partial charge in [-0.05, 0) is 12.1 Å². The molecule has 4 nitrogen and oxygen atoms in total. The van der Waals surface area contributed by atoms with Crippen LogP contribution in [0.15, 0.2) is 30.6 Å². The summed E-state index contributed by atoms with van der Waals surface area (Å²) in [7, 11) is -1.67. The van der Waals surface area contributed by atoms with Gasteiger partial charge in [-0.15, -0.1) is 0 Å². The van der Waals surface area contributed by atoms with Crippen molar-refractivity contribution in [1.82, 2.24) is 9.78 Å². The van der Waals surface area contributed by atoms with Crippen LogP contribution >= 0.6 is 0 Å². The molecule has 0 aliphatic carbocycles. The molecule has 0 saturated heterocycles. The van der Waals surface area contributed by atoms with E-state index >= 15 is 0 Å². The highest BCUT2D eigenvalue weighted by atomic mass is 19.1. The van der Waals surface area contributed by atoms with Crippen LogP contribution in [0.4, 0.5) is 8.78 Å². The Morgan fingerprint density at radius 1 is 1.25 bits per heavy atom. The van der Waals surface area contributed by atoms with Crippen molar-refractivity contribution in [3.63, 3.8) is 0 Å². The molecule has 7 heteroatoms. The summed E-state index contributed by atoms with van der Waals surface area (Å²) in [6.07, 6.45) is 2.44. The molecule has 0 radical (unpaired) electrons. The lowest BCUT2D eigenvalue weighted by atomic mass is 9.83. The second-order valence-electron chi connectivity index (χ2n) is 3.19. The standard InChI is InChI=1S/C9H7BF2N2O2/c11-7-1-2-9(8(12)3-7)14-5-6(4-13-14)10(15)16/h1-5,15-16H. The fraction of sp³-hybridized carbons (Fsp3) is 0. The van der Waals surface area contributed by atoms with E-state index in [1.807, 2.05) is 0 Å². The Kier molecular flexibility index (Phi) is 2.72. The minimum Gasteiger partial charge on any atom is -0.423 e. The predicted octanol–water partition coefficient (Wildman–Crippen LogP) is -0.170. The molecule has 1 aromatic carbocycles. The smallest absolute Gasteiger partial charge is 0.423 e. The zero-order valence-corrected chi connectivity index (χ0v) is 8.01. The Bertz CT molecular complexity index is 516. The van der Waals surface area contributed by atoms with Gasteiger partial charge in [-0.1, -0.05) is 0 Å². The van der Waals surface area contributed by atoms with Crippen LogP contribution in [-0.4, -0.2) is 26.9 Å². The van der Waals surface area contributed by atoms with E-state index in [1.54, 1.807) is 0 Å². The first-order valence-electron chi connectivity index (χ1n) is 4.44. The molecule has 0 aliphatic heterocycles. The Balaban J connectivity index is 2.42. The fourth-order valence-electron chi connectivity index (χ4n) is 1.27. The van der Waals surface area contributed by atoms with E-state index in [4.69, 9.17) is 10.0 Å². The molecule has 0 atom stereocenters. The number of hydrogen-bond acceptors (Lipinski definition) is 3. The summed E-state index contributed by atoms with van der Waals surface area (Å²) in [4.78, 5) is 0. The lowest BCUT2D eigenvalue weighted by molar-refractivity contribution is 0.426. The highest BCUT2D eigenvalue weighted by molar-refractivity contribution is 6.58. The van der Waals surface area contributed by atoms with Crippen LogP contribution in [0.1, 0.15) is 0 Å². The SMILES string of the molecule is OB(O)c1cnn(-c2ccc(F)cc2F)c1. The molecular weight excluding hydrogens is 217 g/mol. The van der Waals surface area contributed by atoms with Gasteiger partial charge in [-0.25, -0.2) is 13.5 Å². The van der Waals surface area contributed by atoms with E-state index in [0.717, 1.165) is 16.8 Å². The van der Waals surface area contributed by atoms with Crippen molar-refractivity contribution in [2.24, 2.45) is 0 Å². The van der Waals surface area contributed by atoms with Gasteiger partial charge in [0.15, 0.2) is 5.82 Å². The van der Waals surface area contributed by atoms with Crippen LogP contribution in [0.25, 0.3) is 5.69 Å². The van der Waals surface area contributed by atoms with Gasteiger partial charge < -0.3 is 10.0 Å². The van der Waals surface area contributed by atoms with Crippen molar-refractivity contribution in [2.75, 3.05) is 0 Å². The summed E-state index contributed by atoms with van der Waals surface area (Å²) < 4.78 is 27.1. The van der Waals surface area contributed by atoms with Gasteiger partial charge in [0.25, 0.3) is 0 Å². The van der Waals surface area contributed by atoms with Gasteiger partial charge in [-0.2, -0.15) is 5.10 Å². The van der Waals surface area contributed by atoms with Gasteiger partial charge in [-0.3, -0.25) is 0 Å². The molecule has 0 unspecified atom stereocenters. The minimum absolute atomic E-state index is 0.0355. The molecule has 0 saturated carbocycles. The van der Waals surface area contributed by atoms with Crippen LogP contribution in [0.2, 0.25) is 0 Å². The third-order valence-corrected chi connectivity index (χ3v) is 2.06. The number of rotatable bonds is 2. The number of halogens is 2. The molecule has 2 N–H and O–H groups in total. The Morgan fingerprint density at radius 3 is 2.56 bits per heavy atom. The molecule has 2 rings (SSSR count). The van der Waals surface area contributed by atoms with Crippen molar-refractivity contribution in [3.8, 4) is 5.69 Å². The van der Waals surface area contributed by atoms with Crippen LogP contribution in [0.3, 0.4) is 0 Å². The molecular formula is C9H7BF2N2O2. The first kappa shape index (κ1) is 10.8. The van der Waals surface area contributed by atoms with Crippen molar-refractivity contribution in [2.45, 2.75) is 0 Å². The third-order valence-electron chi connectivity index (χ3n) is 2.06. The van der Waals surface area contributed by atoms with E-state index < -0.39 is 18.8 Å². The maximum Gasteiger partial charge on any atom is 0.491 e. The van der Waals surface area contributed by atoms with E-state index in [1.165, 1.54) is 18.5 Å². The molecule has 0 aliphatic rings. The van der Waals surface area contributed by atoms with Gasteiger partial charge in [0.05, 0.1) is 0 Å². The summed E-state index contributed by atoms with van der Waals surface area (Å²) in [5, 5.41) is 21.4. The van der Waals surface area contributed by atoms with E-state index in [-0.39, 0.29) is 11.2 Å². The summed E-state index contributed by atoms with van der Waals surface area (Å²) in [6.45, 7) is 0. The Morgan fingerprint density at radius 2 is 2.00 bits per heavy atom. The van der Waals surface area contributed by atoms with Gasteiger partial charge in [0.1, 0.15) is 11.5 Å². The number of aromatic nitrogens is 2. The maximum absolute atomic E-state index is 13.3. The molecule has 0 fully saturated rings. The van der Waals surface area contributed by atoms with E-state index in [9.17, 15) is 8.78 Å². The second kappa shape index (κ2) is 4.03. The minimum atomic E-state index is -1.67. The monoisotopic (exact) mass is 224 g/mol. The van der Waals surface area contributed by atoms with Crippen LogP contribution < -0.4 is 5.46 Å². The number of nitrogens with zero attached hydrogens (tertiary/aromatic N) is 2. The highest BCUT2D eigenvalue weighted by Crippen LogP contribution is 2.12. The van der Waals surface area contributed by atoms with Crippen LogP contribution in [0.5, 0.6) is 0 Å². The molecule has 0 amide bonds. The van der Waals surface area contributed by atoms with Gasteiger partial charge in [0, 0.05) is 23.9 Å². The normalized spacial score (nSPS) is 10.5. The van der Waals surface area contributed by atoms with E-state index in [0.29, 0.717) is 0 Å². The molecule has 1 heterocycles. The first-order valence-corrected chi connectivity index (χ1v) is 4.44.